The van der Waals surface area contributed by atoms with Crippen molar-refractivity contribution >= 4 is 28.6 Å². The van der Waals surface area contributed by atoms with Gasteiger partial charge in [-0.2, -0.15) is 0 Å². The fourth-order valence-corrected chi connectivity index (χ4v) is 2.49. The first-order valence-electron chi connectivity index (χ1n) is 6.39. The minimum absolute atomic E-state index is 0.0349. The number of amides is 1. The van der Waals surface area contributed by atoms with E-state index in [0.717, 1.165) is 11.4 Å². The minimum Gasteiger partial charge on any atom is -0.378 e. The number of thiophene rings is 1. The van der Waals surface area contributed by atoms with Crippen LogP contribution >= 0.6 is 11.3 Å². The van der Waals surface area contributed by atoms with Crippen LogP contribution in [0.2, 0.25) is 0 Å². The van der Waals surface area contributed by atoms with E-state index < -0.39 is 0 Å². The molecule has 0 bridgehead atoms. The van der Waals surface area contributed by atoms with Crippen molar-refractivity contribution in [2.75, 3.05) is 10.6 Å². The van der Waals surface area contributed by atoms with Gasteiger partial charge in [0.1, 0.15) is 0 Å². The maximum absolute atomic E-state index is 11.3. The van der Waals surface area contributed by atoms with Gasteiger partial charge in [-0.3, -0.25) is 4.79 Å². The minimum atomic E-state index is 0.0349. The van der Waals surface area contributed by atoms with Crippen LogP contribution in [0.3, 0.4) is 0 Å². The van der Waals surface area contributed by atoms with E-state index in [1.54, 1.807) is 11.3 Å². The van der Waals surface area contributed by atoms with Gasteiger partial charge in [-0.05, 0) is 42.6 Å². The second kappa shape index (κ2) is 6.38. The lowest BCUT2D eigenvalue weighted by molar-refractivity contribution is -0.115. The first-order valence-corrected chi connectivity index (χ1v) is 7.27. The quantitative estimate of drug-likeness (QED) is 0.855. The van der Waals surface area contributed by atoms with Crippen LogP contribution in [-0.2, 0) is 4.79 Å². The number of carbonyl (C=O) groups is 1. The molecule has 4 heteroatoms. The van der Waals surface area contributed by atoms with Gasteiger partial charge in [0.2, 0.25) is 5.91 Å². The number of hydrogen-bond acceptors (Lipinski definition) is 3. The number of carbonyl (C=O) groups excluding carboxylic acids is 1. The van der Waals surface area contributed by atoms with Crippen molar-refractivity contribution in [3.05, 3.63) is 46.7 Å². The molecule has 3 nitrogen and oxygen atoms in total. The van der Waals surface area contributed by atoms with E-state index in [1.807, 2.05) is 31.2 Å². The Morgan fingerprint density at radius 1 is 1.21 bits per heavy atom. The van der Waals surface area contributed by atoms with Crippen molar-refractivity contribution in [2.24, 2.45) is 0 Å². The van der Waals surface area contributed by atoms with Gasteiger partial charge in [-0.25, -0.2) is 0 Å². The summed E-state index contributed by atoms with van der Waals surface area (Å²) in [6, 6.07) is 12.3. The van der Waals surface area contributed by atoms with E-state index in [4.69, 9.17) is 0 Å². The molecule has 1 aromatic heterocycles. The second-order valence-electron chi connectivity index (χ2n) is 4.36. The predicted molar refractivity (Wildman–Crippen MR) is 81.7 cm³/mol. The van der Waals surface area contributed by atoms with Crippen molar-refractivity contribution in [2.45, 2.75) is 26.3 Å². The number of anilines is 2. The van der Waals surface area contributed by atoms with Crippen molar-refractivity contribution in [1.29, 1.82) is 0 Å². The van der Waals surface area contributed by atoms with E-state index >= 15 is 0 Å². The molecule has 1 heterocycles. The zero-order valence-electron chi connectivity index (χ0n) is 11.1. The fourth-order valence-electron chi connectivity index (χ4n) is 1.76. The number of benzene rings is 1. The standard InChI is InChI=1S/C15H18N2OS/c1-3-15(18)17-13-8-6-12(7-9-13)16-11(2)14-5-4-10-19-14/h4-11,16H,3H2,1-2H3,(H,17,18). The summed E-state index contributed by atoms with van der Waals surface area (Å²) in [7, 11) is 0. The molecule has 1 atom stereocenters. The zero-order chi connectivity index (χ0) is 13.7. The molecule has 2 aromatic rings. The molecular weight excluding hydrogens is 256 g/mol. The molecule has 0 saturated heterocycles. The zero-order valence-corrected chi connectivity index (χ0v) is 12.0. The highest BCUT2D eigenvalue weighted by molar-refractivity contribution is 7.10. The number of rotatable bonds is 5. The molecule has 1 amide bonds. The van der Waals surface area contributed by atoms with Gasteiger partial charge in [0, 0.05) is 22.7 Å². The topological polar surface area (TPSA) is 41.1 Å². The van der Waals surface area contributed by atoms with Gasteiger partial charge in [0.15, 0.2) is 0 Å². The number of hydrogen-bond donors (Lipinski definition) is 2. The molecule has 100 valence electrons. The van der Waals surface area contributed by atoms with Crippen LogP contribution in [-0.4, -0.2) is 5.91 Å². The smallest absolute Gasteiger partial charge is 0.224 e. The molecule has 0 spiro atoms. The van der Waals surface area contributed by atoms with Crippen molar-refractivity contribution in [3.8, 4) is 0 Å². The molecule has 0 aliphatic carbocycles. The fraction of sp³-hybridized carbons (Fsp3) is 0.267. The van der Waals surface area contributed by atoms with Gasteiger partial charge >= 0.3 is 0 Å². The molecular formula is C15H18N2OS. The third-order valence-corrected chi connectivity index (χ3v) is 3.90. The first-order chi connectivity index (χ1) is 9.19. The van der Waals surface area contributed by atoms with E-state index in [2.05, 4.69) is 35.1 Å². The summed E-state index contributed by atoms with van der Waals surface area (Å²) in [5.41, 5.74) is 1.89. The van der Waals surface area contributed by atoms with E-state index in [9.17, 15) is 4.79 Å². The largest absolute Gasteiger partial charge is 0.378 e. The summed E-state index contributed by atoms with van der Waals surface area (Å²) in [4.78, 5) is 12.6. The van der Waals surface area contributed by atoms with Crippen LogP contribution in [0, 0.1) is 0 Å². The van der Waals surface area contributed by atoms with Crippen LogP contribution in [0.15, 0.2) is 41.8 Å². The maximum Gasteiger partial charge on any atom is 0.224 e. The van der Waals surface area contributed by atoms with Crippen LogP contribution in [0.1, 0.15) is 31.2 Å². The van der Waals surface area contributed by atoms with Gasteiger partial charge in [0.05, 0.1) is 6.04 Å². The summed E-state index contributed by atoms with van der Waals surface area (Å²) in [5.74, 6) is 0.0349. The Kier molecular flexibility index (Phi) is 4.58. The Labute approximate surface area is 117 Å². The van der Waals surface area contributed by atoms with Gasteiger partial charge in [0.25, 0.3) is 0 Å². The molecule has 0 saturated carbocycles. The lowest BCUT2D eigenvalue weighted by Crippen LogP contribution is -2.09. The second-order valence-corrected chi connectivity index (χ2v) is 5.34. The lowest BCUT2D eigenvalue weighted by atomic mass is 10.2. The highest BCUT2D eigenvalue weighted by Crippen LogP contribution is 2.23. The molecule has 1 aromatic carbocycles. The van der Waals surface area contributed by atoms with Gasteiger partial charge in [-0.1, -0.05) is 13.0 Å². The Morgan fingerprint density at radius 3 is 2.47 bits per heavy atom. The summed E-state index contributed by atoms with van der Waals surface area (Å²) >= 11 is 1.75. The lowest BCUT2D eigenvalue weighted by Gasteiger charge is -2.14. The molecule has 0 aliphatic heterocycles. The van der Waals surface area contributed by atoms with Crippen LogP contribution < -0.4 is 10.6 Å². The number of nitrogens with one attached hydrogen (secondary N) is 2. The van der Waals surface area contributed by atoms with Crippen LogP contribution in [0.25, 0.3) is 0 Å². The summed E-state index contributed by atoms with van der Waals surface area (Å²) in [5, 5.41) is 8.35. The first kappa shape index (κ1) is 13.6. The highest BCUT2D eigenvalue weighted by atomic mass is 32.1. The van der Waals surface area contributed by atoms with Gasteiger partial charge in [-0.15, -0.1) is 11.3 Å². The highest BCUT2D eigenvalue weighted by Gasteiger charge is 2.06. The average Bonchev–Trinajstić information content (AvgIpc) is 2.95. The van der Waals surface area contributed by atoms with E-state index in [1.165, 1.54) is 4.88 Å². The SMILES string of the molecule is CCC(=O)Nc1ccc(NC(C)c2cccs2)cc1. The Bertz CT molecular complexity index is 520. The molecule has 2 rings (SSSR count). The normalized spacial score (nSPS) is 11.9. The molecule has 0 aliphatic rings. The Hall–Kier alpha value is -1.81. The third-order valence-electron chi connectivity index (χ3n) is 2.84. The molecule has 0 fully saturated rings. The Morgan fingerprint density at radius 2 is 1.89 bits per heavy atom. The summed E-state index contributed by atoms with van der Waals surface area (Å²) in [6.07, 6.45) is 0.495. The molecule has 1 unspecified atom stereocenters. The average molecular weight is 274 g/mol. The van der Waals surface area contributed by atoms with E-state index in [0.29, 0.717) is 6.42 Å². The monoisotopic (exact) mass is 274 g/mol. The van der Waals surface area contributed by atoms with Gasteiger partial charge < -0.3 is 10.6 Å². The molecule has 0 radical (unpaired) electrons. The molecule has 2 N–H and O–H groups in total. The van der Waals surface area contributed by atoms with Crippen molar-refractivity contribution in [1.82, 2.24) is 0 Å². The van der Waals surface area contributed by atoms with E-state index in [-0.39, 0.29) is 11.9 Å². The third kappa shape index (κ3) is 3.83. The summed E-state index contributed by atoms with van der Waals surface area (Å²) in [6.45, 7) is 3.98. The van der Waals surface area contributed by atoms with Crippen molar-refractivity contribution < 1.29 is 4.79 Å². The van der Waals surface area contributed by atoms with Crippen LogP contribution in [0.5, 0.6) is 0 Å². The predicted octanol–water partition coefficient (Wildman–Crippen LogP) is 4.27. The maximum atomic E-state index is 11.3. The Balaban J connectivity index is 1.97. The van der Waals surface area contributed by atoms with Crippen molar-refractivity contribution in [3.63, 3.8) is 0 Å². The van der Waals surface area contributed by atoms with Crippen LogP contribution in [0.4, 0.5) is 11.4 Å². The molecule has 19 heavy (non-hydrogen) atoms. The summed E-state index contributed by atoms with van der Waals surface area (Å²) < 4.78 is 0.